The number of ketones is 1. The van der Waals surface area contributed by atoms with Crippen molar-refractivity contribution >= 4 is 46.1 Å². The lowest BCUT2D eigenvalue weighted by Gasteiger charge is -2.32. The molecule has 4 aromatic rings. The molecular formula is C34H35N5O5. The molecule has 10 nitrogen and oxygen atoms in total. The molecule has 0 saturated carbocycles. The number of likely N-dealkylation sites (N-methyl/N-ethyl adjacent to an activating group) is 1. The van der Waals surface area contributed by atoms with Gasteiger partial charge in [0.1, 0.15) is 11.5 Å². The molecule has 6 rings (SSSR count). The summed E-state index contributed by atoms with van der Waals surface area (Å²) < 4.78 is 13.6. The number of carbonyl (C=O) groups is 3. The molecule has 3 aromatic carbocycles. The molecule has 0 atom stereocenters. The summed E-state index contributed by atoms with van der Waals surface area (Å²) in [6, 6.07) is 17.2. The number of aryl methyl sites for hydroxylation is 1. The molecule has 3 heterocycles. The normalized spacial score (nSPS) is 15.8. The topological polar surface area (TPSA) is 105 Å². The van der Waals surface area contributed by atoms with Gasteiger partial charge in [0.2, 0.25) is 5.78 Å². The number of aromatic nitrogens is 1. The second-order valence-electron chi connectivity index (χ2n) is 11.0. The van der Waals surface area contributed by atoms with Gasteiger partial charge in [0, 0.05) is 71.8 Å². The van der Waals surface area contributed by atoms with Crippen LogP contribution in [0, 0.1) is 6.92 Å². The highest BCUT2D eigenvalue weighted by atomic mass is 16.5. The van der Waals surface area contributed by atoms with E-state index in [-0.39, 0.29) is 17.4 Å². The number of benzene rings is 3. The average molecular weight is 594 g/mol. The summed E-state index contributed by atoms with van der Waals surface area (Å²) in [6.07, 6.45) is 1.78. The number of urea groups is 1. The Labute approximate surface area is 255 Å². The summed E-state index contributed by atoms with van der Waals surface area (Å²) in [6.45, 7) is 7.98. The predicted octanol–water partition coefficient (Wildman–Crippen LogP) is 5.63. The first-order chi connectivity index (χ1) is 21.2. The lowest BCUT2D eigenvalue weighted by atomic mass is 10.1. The Balaban J connectivity index is 1.14. The Hall–Kier alpha value is -5.09. The maximum atomic E-state index is 13.4. The van der Waals surface area contributed by atoms with Crippen molar-refractivity contribution in [2.24, 2.45) is 0 Å². The van der Waals surface area contributed by atoms with E-state index in [0.717, 1.165) is 47.5 Å². The third kappa shape index (κ3) is 5.51. The first kappa shape index (κ1) is 29.0. The maximum absolute atomic E-state index is 13.4. The Morgan fingerprint density at radius 2 is 1.66 bits per heavy atom. The Morgan fingerprint density at radius 3 is 2.36 bits per heavy atom. The number of Topliss-reactive ketones (excluding diaryl/α,β-unsaturated/α-hetero) is 1. The van der Waals surface area contributed by atoms with Crippen LogP contribution in [-0.2, 0) is 6.54 Å². The monoisotopic (exact) mass is 593 g/mol. The van der Waals surface area contributed by atoms with Crippen LogP contribution in [0.3, 0.4) is 0 Å². The van der Waals surface area contributed by atoms with Crippen LogP contribution in [-0.4, -0.2) is 72.4 Å². The van der Waals surface area contributed by atoms with E-state index in [0.29, 0.717) is 41.3 Å². The van der Waals surface area contributed by atoms with Gasteiger partial charge in [-0.2, -0.15) is 0 Å². The van der Waals surface area contributed by atoms with Crippen molar-refractivity contribution in [1.29, 1.82) is 0 Å². The van der Waals surface area contributed by atoms with Gasteiger partial charge in [-0.3, -0.25) is 9.59 Å². The molecular weight excluding hydrogens is 558 g/mol. The van der Waals surface area contributed by atoms with Crippen molar-refractivity contribution in [3.63, 3.8) is 0 Å². The van der Waals surface area contributed by atoms with Gasteiger partial charge in [-0.05, 0) is 87.6 Å². The highest BCUT2D eigenvalue weighted by Crippen LogP contribution is 2.37. The highest BCUT2D eigenvalue weighted by Gasteiger charge is 2.29. The van der Waals surface area contributed by atoms with Gasteiger partial charge in [-0.25, -0.2) is 4.79 Å². The largest absolute Gasteiger partial charge is 0.497 e. The number of nitrogens with zero attached hydrogens (tertiary/aromatic N) is 3. The van der Waals surface area contributed by atoms with E-state index < -0.39 is 6.03 Å². The number of carbonyl (C=O) groups excluding carboxylic acids is 3. The SMILES string of the molecule is CCn1c(C)c(/C=C2\Oc3ccc(NC(=O)Nc4ccc(C(=O)N5CCN(C)CC5)cc4)cc3C2=O)c2cc(OC)ccc21. The number of fused-ring (bicyclic) bond motifs is 2. The number of methoxy groups -OCH3 is 1. The quantitative estimate of drug-likeness (QED) is 0.281. The van der Waals surface area contributed by atoms with Crippen LogP contribution in [0.2, 0.25) is 0 Å². The van der Waals surface area contributed by atoms with E-state index >= 15 is 0 Å². The number of rotatable bonds is 6. The van der Waals surface area contributed by atoms with E-state index in [4.69, 9.17) is 9.47 Å². The minimum absolute atomic E-state index is 0.0152. The number of ether oxygens (including phenoxy) is 2. The van der Waals surface area contributed by atoms with Crippen molar-refractivity contribution in [2.45, 2.75) is 20.4 Å². The Morgan fingerprint density at radius 1 is 0.955 bits per heavy atom. The fraction of sp³-hybridized carbons (Fsp3) is 0.265. The van der Waals surface area contributed by atoms with Crippen molar-refractivity contribution in [2.75, 3.05) is 51.0 Å². The molecule has 0 unspecified atom stereocenters. The highest BCUT2D eigenvalue weighted by molar-refractivity contribution is 6.16. The molecule has 3 amide bonds. The fourth-order valence-corrected chi connectivity index (χ4v) is 5.78. The zero-order chi connectivity index (χ0) is 31.0. The van der Waals surface area contributed by atoms with E-state index in [1.807, 2.05) is 37.1 Å². The molecule has 2 aliphatic rings. The Kier molecular flexibility index (Phi) is 7.84. The van der Waals surface area contributed by atoms with Crippen LogP contribution in [0.1, 0.15) is 38.9 Å². The van der Waals surface area contributed by atoms with Gasteiger partial charge >= 0.3 is 6.03 Å². The third-order valence-corrected chi connectivity index (χ3v) is 8.28. The van der Waals surface area contributed by atoms with Crippen molar-refractivity contribution in [1.82, 2.24) is 14.4 Å². The molecule has 44 heavy (non-hydrogen) atoms. The van der Waals surface area contributed by atoms with Gasteiger partial charge in [0.15, 0.2) is 5.76 Å². The van der Waals surface area contributed by atoms with Crippen LogP contribution >= 0.6 is 0 Å². The van der Waals surface area contributed by atoms with Gasteiger partial charge in [0.05, 0.1) is 12.7 Å². The van der Waals surface area contributed by atoms with Gasteiger partial charge in [-0.1, -0.05) is 0 Å². The first-order valence-electron chi connectivity index (χ1n) is 14.7. The minimum atomic E-state index is -0.470. The number of anilines is 2. The summed E-state index contributed by atoms with van der Waals surface area (Å²) in [5.41, 5.74) is 4.91. The molecule has 2 N–H and O–H groups in total. The summed E-state index contributed by atoms with van der Waals surface area (Å²) in [5.74, 6) is 1.11. The minimum Gasteiger partial charge on any atom is -0.497 e. The lowest BCUT2D eigenvalue weighted by Crippen LogP contribution is -2.47. The molecule has 0 spiro atoms. The molecule has 1 saturated heterocycles. The maximum Gasteiger partial charge on any atom is 0.323 e. The second kappa shape index (κ2) is 11.9. The van der Waals surface area contributed by atoms with Crippen LogP contribution in [0.15, 0.2) is 66.4 Å². The number of nitrogens with one attached hydrogen (secondary N) is 2. The molecule has 0 aliphatic carbocycles. The standard InChI is InChI=1S/C34H35N5O5/c1-5-39-21(2)26(27-19-25(43-4)11-12-29(27)39)20-31-32(40)28-18-24(10-13-30(28)44-31)36-34(42)35-23-8-6-22(7-9-23)33(41)38-16-14-37(3)15-17-38/h6-13,18-20H,5,14-17H2,1-4H3,(H2,35,36,42)/b31-20-. The van der Waals surface area contributed by atoms with Gasteiger partial charge in [0.25, 0.3) is 5.91 Å². The van der Waals surface area contributed by atoms with Crippen LogP contribution < -0.4 is 20.1 Å². The Bertz CT molecular complexity index is 1800. The molecule has 1 fully saturated rings. The van der Waals surface area contributed by atoms with Gasteiger partial charge < -0.3 is 34.5 Å². The molecule has 10 heteroatoms. The van der Waals surface area contributed by atoms with Crippen LogP contribution in [0.25, 0.3) is 17.0 Å². The van der Waals surface area contributed by atoms with Crippen LogP contribution in [0.5, 0.6) is 11.5 Å². The summed E-state index contributed by atoms with van der Waals surface area (Å²) >= 11 is 0. The average Bonchev–Trinajstić information content (AvgIpc) is 3.48. The third-order valence-electron chi connectivity index (χ3n) is 8.28. The molecule has 0 radical (unpaired) electrons. The van der Waals surface area contributed by atoms with E-state index in [9.17, 15) is 14.4 Å². The van der Waals surface area contributed by atoms with Crippen molar-refractivity contribution in [3.8, 4) is 11.5 Å². The van der Waals surface area contributed by atoms with Crippen LogP contribution in [0.4, 0.5) is 16.2 Å². The lowest BCUT2D eigenvalue weighted by molar-refractivity contribution is 0.0664. The van der Waals surface area contributed by atoms with Crippen molar-refractivity contribution < 1.29 is 23.9 Å². The number of hydrogen-bond acceptors (Lipinski definition) is 6. The summed E-state index contributed by atoms with van der Waals surface area (Å²) in [4.78, 5) is 43.0. The van der Waals surface area contributed by atoms with E-state index in [1.165, 1.54) is 0 Å². The molecule has 2 aliphatic heterocycles. The number of piperazine rings is 1. The number of allylic oxidation sites excluding steroid dienone is 1. The van der Waals surface area contributed by atoms with E-state index in [1.54, 1.807) is 55.7 Å². The number of hydrogen-bond donors (Lipinski definition) is 2. The first-order valence-corrected chi connectivity index (χ1v) is 14.7. The number of amides is 3. The zero-order valence-corrected chi connectivity index (χ0v) is 25.3. The fourth-order valence-electron chi connectivity index (χ4n) is 5.78. The predicted molar refractivity (Wildman–Crippen MR) is 171 cm³/mol. The summed E-state index contributed by atoms with van der Waals surface area (Å²) in [7, 11) is 3.67. The summed E-state index contributed by atoms with van der Waals surface area (Å²) in [5, 5.41) is 6.53. The molecule has 0 bridgehead atoms. The van der Waals surface area contributed by atoms with E-state index in [2.05, 4.69) is 27.0 Å². The second-order valence-corrected chi connectivity index (χ2v) is 11.0. The smallest absolute Gasteiger partial charge is 0.323 e. The zero-order valence-electron chi connectivity index (χ0n) is 25.3. The molecule has 226 valence electrons. The van der Waals surface area contributed by atoms with Gasteiger partial charge in [-0.15, -0.1) is 0 Å². The molecule has 1 aromatic heterocycles. The van der Waals surface area contributed by atoms with Crippen molar-refractivity contribution in [3.05, 3.63) is 88.8 Å².